The molecule has 2 N–H and O–H groups in total. The van der Waals surface area contributed by atoms with Crippen LogP contribution in [0.1, 0.15) is 25.3 Å². The average Bonchev–Trinajstić information content (AvgIpc) is 3.26. The van der Waals surface area contributed by atoms with E-state index in [0.717, 1.165) is 17.7 Å². The van der Waals surface area contributed by atoms with Crippen LogP contribution in [0.5, 0.6) is 11.5 Å². The van der Waals surface area contributed by atoms with Crippen molar-refractivity contribution in [2.45, 2.75) is 25.3 Å². The minimum absolute atomic E-state index is 0.502. The van der Waals surface area contributed by atoms with Crippen LogP contribution in [0, 0.1) is 0 Å². The number of imidazole rings is 1. The number of hydrogen-bond acceptors (Lipinski definition) is 4. The van der Waals surface area contributed by atoms with Crippen LogP contribution >= 0.6 is 11.6 Å². The molecule has 1 saturated carbocycles. The first kappa shape index (κ1) is 12.8. The minimum Gasteiger partial charge on any atom is -0.489 e. The summed E-state index contributed by atoms with van der Waals surface area (Å²) in [7, 11) is 0. The Labute approximate surface area is 127 Å². The van der Waals surface area contributed by atoms with Gasteiger partial charge in [-0.05, 0) is 25.0 Å². The van der Waals surface area contributed by atoms with Crippen molar-refractivity contribution in [3.8, 4) is 22.8 Å². The second-order valence-corrected chi connectivity index (χ2v) is 5.86. The van der Waals surface area contributed by atoms with Crippen LogP contribution in [0.4, 0.5) is 5.82 Å². The number of aromatic nitrogens is 2. The Morgan fingerprint density at radius 1 is 1.24 bits per heavy atom. The first-order chi connectivity index (χ1) is 10.2. The number of rotatable bonds is 2. The van der Waals surface area contributed by atoms with Crippen LogP contribution in [-0.4, -0.2) is 22.8 Å². The Hall–Kier alpha value is -1.88. The molecule has 0 bridgehead atoms. The summed E-state index contributed by atoms with van der Waals surface area (Å²) in [6, 6.07) is 4.25. The molecule has 1 aromatic carbocycles. The molecule has 2 heterocycles. The van der Waals surface area contributed by atoms with Crippen molar-refractivity contribution in [2.24, 2.45) is 0 Å². The third kappa shape index (κ3) is 2.21. The molecule has 1 fully saturated rings. The Morgan fingerprint density at radius 2 is 2.05 bits per heavy atom. The third-order valence-electron chi connectivity index (χ3n) is 3.85. The van der Waals surface area contributed by atoms with E-state index in [-0.39, 0.29) is 0 Å². The van der Waals surface area contributed by atoms with Gasteiger partial charge in [-0.25, -0.2) is 4.98 Å². The predicted molar refractivity (Wildman–Crippen MR) is 81.0 cm³/mol. The van der Waals surface area contributed by atoms with Gasteiger partial charge in [0, 0.05) is 18.0 Å². The summed E-state index contributed by atoms with van der Waals surface area (Å²) in [6.07, 6.45) is 4.99. The first-order valence-corrected chi connectivity index (χ1v) is 7.53. The quantitative estimate of drug-likeness (QED) is 0.925. The number of halogens is 1. The second kappa shape index (κ2) is 4.84. The monoisotopic (exact) mass is 305 g/mol. The number of nitrogen functional groups attached to an aromatic ring is 1. The Morgan fingerprint density at radius 3 is 2.86 bits per heavy atom. The normalized spacial score (nSPS) is 17.6. The van der Waals surface area contributed by atoms with E-state index in [1.54, 1.807) is 6.33 Å². The smallest absolute Gasteiger partial charge is 0.179 e. The molecule has 0 radical (unpaired) electrons. The fourth-order valence-corrected chi connectivity index (χ4v) is 2.87. The van der Waals surface area contributed by atoms with Crippen molar-refractivity contribution in [1.29, 1.82) is 0 Å². The lowest BCUT2D eigenvalue weighted by atomic mass is 10.1. The topological polar surface area (TPSA) is 62.3 Å². The number of fused-ring (bicyclic) bond motifs is 1. The van der Waals surface area contributed by atoms with Gasteiger partial charge in [-0.3, -0.25) is 0 Å². The van der Waals surface area contributed by atoms with E-state index < -0.39 is 0 Å². The third-order valence-corrected chi connectivity index (χ3v) is 4.13. The van der Waals surface area contributed by atoms with Gasteiger partial charge in [0.05, 0.1) is 24.6 Å². The highest BCUT2D eigenvalue weighted by atomic mass is 35.5. The van der Waals surface area contributed by atoms with Gasteiger partial charge < -0.3 is 19.8 Å². The fourth-order valence-electron chi connectivity index (χ4n) is 2.60. The molecule has 1 aromatic heterocycles. The minimum atomic E-state index is 0.502. The Bertz CT molecular complexity index is 694. The molecule has 4 rings (SSSR count). The molecule has 0 unspecified atom stereocenters. The average molecular weight is 306 g/mol. The largest absolute Gasteiger partial charge is 0.489 e. The number of benzene rings is 1. The molecule has 2 aliphatic rings. The van der Waals surface area contributed by atoms with Crippen molar-refractivity contribution in [2.75, 3.05) is 18.9 Å². The molecular weight excluding hydrogens is 290 g/mol. The van der Waals surface area contributed by atoms with Gasteiger partial charge in [0.2, 0.25) is 0 Å². The van der Waals surface area contributed by atoms with Crippen molar-refractivity contribution < 1.29 is 9.47 Å². The summed E-state index contributed by atoms with van der Waals surface area (Å²) in [4.78, 5) is 4.44. The number of nitrogens with zero attached hydrogens (tertiary/aromatic N) is 2. The molecule has 21 heavy (non-hydrogen) atoms. The van der Waals surface area contributed by atoms with Gasteiger partial charge in [0.25, 0.3) is 0 Å². The van der Waals surface area contributed by atoms with E-state index in [2.05, 4.69) is 4.98 Å². The summed E-state index contributed by atoms with van der Waals surface area (Å²) in [6.45, 7) is 1.24. The van der Waals surface area contributed by atoms with Gasteiger partial charge in [0.1, 0.15) is 11.5 Å². The molecule has 1 aliphatic heterocycles. The first-order valence-electron chi connectivity index (χ1n) is 7.16. The maximum absolute atomic E-state index is 6.32. The van der Waals surface area contributed by atoms with E-state index in [4.69, 9.17) is 26.8 Å². The fraction of sp³-hybridized carbons (Fsp3) is 0.400. The molecule has 0 saturated heterocycles. The SMILES string of the molecule is Nc1c(-c2cc(Cl)c3c(c2)OCCCO3)ncn1C1CC1. The van der Waals surface area contributed by atoms with Gasteiger partial charge in [-0.15, -0.1) is 0 Å². The molecule has 5 nitrogen and oxygen atoms in total. The van der Waals surface area contributed by atoms with Gasteiger partial charge in [-0.1, -0.05) is 11.6 Å². The van der Waals surface area contributed by atoms with Crippen LogP contribution < -0.4 is 15.2 Å². The summed E-state index contributed by atoms with van der Waals surface area (Å²) < 4.78 is 13.4. The molecule has 2 aromatic rings. The summed E-state index contributed by atoms with van der Waals surface area (Å²) >= 11 is 6.32. The zero-order chi connectivity index (χ0) is 14.4. The second-order valence-electron chi connectivity index (χ2n) is 5.45. The molecule has 0 atom stereocenters. The van der Waals surface area contributed by atoms with Crippen LogP contribution in [-0.2, 0) is 0 Å². The van der Waals surface area contributed by atoms with Crippen LogP contribution in [0.2, 0.25) is 5.02 Å². The highest BCUT2D eigenvalue weighted by Gasteiger charge is 2.27. The van der Waals surface area contributed by atoms with Crippen LogP contribution in [0.3, 0.4) is 0 Å². The zero-order valence-electron chi connectivity index (χ0n) is 11.5. The van der Waals surface area contributed by atoms with Crippen LogP contribution in [0.25, 0.3) is 11.3 Å². The van der Waals surface area contributed by atoms with Gasteiger partial charge in [-0.2, -0.15) is 0 Å². The highest BCUT2D eigenvalue weighted by molar-refractivity contribution is 6.32. The highest BCUT2D eigenvalue weighted by Crippen LogP contribution is 2.43. The molecular formula is C15H16ClN3O2. The lowest BCUT2D eigenvalue weighted by Gasteiger charge is -2.11. The van der Waals surface area contributed by atoms with E-state index in [9.17, 15) is 0 Å². The van der Waals surface area contributed by atoms with E-state index in [0.29, 0.717) is 41.6 Å². The number of hydrogen-bond donors (Lipinski definition) is 1. The Balaban J connectivity index is 1.78. The molecule has 0 amide bonds. The molecule has 6 heteroatoms. The zero-order valence-corrected chi connectivity index (χ0v) is 12.3. The molecule has 0 spiro atoms. The molecule has 110 valence electrons. The predicted octanol–water partition coefficient (Wildman–Crippen LogP) is 3.28. The van der Waals surface area contributed by atoms with E-state index in [1.165, 1.54) is 12.8 Å². The van der Waals surface area contributed by atoms with Crippen LogP contribution in [0.15, 0.2) is 18.5 Å². The van der Waals surface area contributed by atoms with Crippen molar-refractivity contribution in [3.63, 3.8) is 0 Å². The summed E-state index contributed by atoms with van der Waals surface area (Å²) in [5.41, 5.74) is 7.83. The van der Waals surface area contributed by atoms with Crippen molar-refractivity contribution >= 4 is 17.4 Å². The summed E-state index contributed by atoms with van der Waals surface area (Å²) in [5, 5.41) is 0.532. The standard InChI is InChI=1S/C15H16ClN3O2/c16-11-6-9(7-12-14(11)21-5-1-4-20-12)13-15(17)19(8-18-13)10-2-3-10/h6-8,10H,1-5,17H2. The maximum Gasteiger partial charge on any atom is 0.179 e. The maximum atomic E-state index is 6.32. The lowest BCUT2D eigenvalue weighted by molar-refractivity contribution is 0.297. The van der Waals surface area contributed by atoms with Crippen molar-refractivity contribution in [1.82, 2.24) is 9.55 Å². The molecule has 1 aliphatic carbocycles. The van der Waals surface area contributed by atoms with E-state index >= 15 is 0 Å². The van der Waals surface area contributed by atoms with Crippen molar-refractivity contribution in [3.05, 3.63) is 23.5 Å². The summed E-state index contributed by atoms with van der Waals surface area (Å²) in [5.74, 6) is 1.96. The van der Waals surface area contributed by atoms with E-state index in [1.807, 2.05) is 16.7 Å². The van der Waals surface area contributed by atoms with Gasteiger partial charge in [0.15, 0.2) is 11.5 Å². The lowest BCUT2D eigenvalue weighted by Crippen LogP contribution is -2.00. The number of anilines is 1. The number of nitrogens with two attached hydrogens (primary N) is 1. The Kier molecular flexibility index (Phi) is 2.96. The number of ether oxygens (including phenoxy) is 2. The van der Waals surface area contributed by atoms with Gasteiger partial charge >= 0.3 is 0 Å².